The highest BCUT2D eigenvalue weighted by Crippen LogP contribution is 2.29. The maximum Gasteiger partial charge on any atom is 0.251 e. The molecule has 0 saturated carbocycles. The molecule has 0 atom stereocenters. The Bertz CT molecular complexity index is 1060. The van der Waals surface area contributed by atoms with E-state index in [-0.39, 0.29) is 11.9 Å². The zero-order chi connectivity index (χ0) is 22.0. The number of nitrogens with zero attached hydrogens (tertiary/aromatic N) is 3. The predicted molar refractivity (Wildman–Crippen MR) is 121 cm³/mol. The van der Waals surface area contributed by atoms with E-state index in [0.717, 1.165) is 49.2 Å². The highest BCUT2D eigenvalue weighted by Gasteiger charge is 2.23. The normalized spacial score (nSPS) is 15.2. The summed E-state index contributed by atoms with van der Waals surface area (Å²) in [4.78, 5) is 15.2. The van der Waals surface area contributed by atoms with Gasteiger partial charge in [0, 0.05) is 49.2 Å². The molecule has 2 aromatic carbocycles. The molecule has 4 rings (SSSR count). The Hall–Kier alpha value is -3.06. The van der Waals surface area contributed by atoms with E-state index < -0.39 is 0 Å². The number of carbonyl (C=O) groups excluding carboxylic acids is 1. The van der Waals surface area contributed by atoms with Crippen LogP contribution in [0.5, 0.6) is 11.5 Å². The number of para-hydroxylation sites is 1. The number of amides is 1. The molecule has 0 bridgehead atoms. The lowest BCUT2D eigenvalue weighted by Crippen LogP contribution is -2.44. The van der Waals surface area contributed by atoms with Crippen LogP contribution < -0.4 is 14.8 Å². The van der Waals surface area contributed by atoms with Gasteiger partial charge in [-0.15, -0.1) is 0 Å². The van der Waals surface area contributed by atoms with E-state index in [2.05, 4.69) is 28.4 Å². The summed E-state index contributed by atoms with van der Waals surface area (Å²) in [5.74, 6) is 1.22. The van der Waals surface area contributed by atoms with Crippen molar-refractivity contribution < 1.29 is 14.3 Å². The van der Waals surface area contributed by atoms with Crippen LogP contribution in [0.15, 0.2) is 36.4 Å². The third kappa shape index (κ3) is 4.37. The standard InChI is InChI=1S/C24H30N4O3/c1-16-22(30-3)13-17(14-23(16)31-4)24(29)25-18-9-11-28(12-10-18)15-20-19-7-5-6-8-21(19)27(2)26-20/h5-8,13-14,18H,9-12,15H2,1-4H3,(H,25,29). The molecule has 1 fully saturated rings. The number of carbonyl (C=O) groups is 1. The number of hydrogen-bond donors (Lipinski definition) is 1. The van der Waals surface area contributed by atoms with E-state index in [1.54, 1.807) is 26.4 Å². The lowest BCUT2D eigenvalue weighted by molar-refractivity contribution is 0.0908. The van der Waals surface area contributed by atoms with E-state index in [1.807, 2.05) is 24.7 Å². The van der Waals surface area contributed by atoms with E-state index in [1.165, 1.54) is 5.39 Å². The van der Waals surface area contributed by atoms with Crippen molar-refractivity contribution in [2.45, 2.75) is 32.4 Å². The van der Waals surface area contributed by atoms with Crippen molar-refractivity contribution in [3.05, 3.63) is 53.2 Å². The zero-order valence-electron chi connectivity index (χ0n) is 18.6. The van der Waals surface area contributed by atoms with Crippen molar-refractivity contribution in [3.63, 3.8) is 0 Å². The summed E-state index contributed by atoms with van der Waals surface area (Å²) in [6.45, 7) is 4.60. The van der Waals surface area contributed by atoms with Crippen LogP contribution in [-0.4, -0.2) is 53.9 Å². The van der Waals surface area contributed by atoms with Gasteiger partial charge in [-0.1, -0.05) is 18.2 Å². The largest absolute Gasteiger partial charge is 0.496 e. The van der Waals surface area contributed by atoms with Gasteiger partial charge in [-0.05, 0) is 38.0 Å². The molecule has 2 heterocycles. The second kappa shape index (κ2) is 8.98. The molecule has 1 saturated heterocycles. The Labute approximate surface area is 182 Å². The van der Waals surface area contributed by atoms with Gasteiger partial charge in [-0.3, -0.25) is 14.4 Å². The van der Waals surface area contributed by atoms with Gasteiger partial charge in [0.1, 0.15) is 11.5 Å². The second-order valence-electron chi connectivity index (χ2n) is 8.12. The van der Waals surface area contributed by atoms with Gasteiger partial charge >= 0.3 is 0 Å². The number of methoxy groups -OCH3 is 2. The summed E-state index contributed by atoms with van der Waals surface area (Å²) in [6, 6.07) is 12.0. The van der Waals surface area contributed by atoms with Gasteiger partial charge < -0.3 is 14.8 Å². The summed E-state index contributed by atoms with van der Waals surface area (Å²) < 4.78 is 12.7. The molecular formula is C24H30N4O3. The predicted octanol–water partition coefficient (Wildman–Crippen LogP) is 3.29. The first-order valence-electron chi connectivity index (χ1n) is 10.7. The fourth-order valence-electron chi connectivity index (χ4n) is 4.34. The lowest BCUT2D eigenvalue weighted by atomic mass is 10.0. The molecule has 0 unspecified atom stereocenters. The van der Waals surface area contributed by atoms with Crippen LogP contribution in [0.3, 0.4) is 0 Å². The van der Waals surface area contributed by atoms with Crippen molar-refractivity contribution in [1.29, 1.82) is 0 Å². The monoisotopic (exact) mass is 422 g/mol. The Morgan fingerprint density at radius 1 is 1.13 bits per heavy atom. The fourth-order valence-corrected chi connectivity index (χ4v) is 4.34. The van der Waals surface area contributed by atoms with Crippen molar-refractivity contribution in [2.24, 2.45) is 7.05 Å². The highest BCUT2D eigenvalue weighted by molar-refractivity contribution is 5.95. The van der Waals surface area contributed by atoms with Crippen LogP contribution in [0.2, 0.25) is 0 Å². The minimum absolute atomic E-state index is 0.0919. The molecule has 164 valence electrons. The molecule has 1 aliphatic rings. The molecule has 7 heteroatoms. The van der Waals surface area contributed by atoms with Gasteiger partial charge in [-0.2, -0.15) is 5.10 Å². The van der Waals surface area contributed by atoms with Crippen LogP contribution in [0.25, 0.3) is 10.9 Å². The number of nitrogens with one attached hydrogen (secondary N) is 1. The van der Waals surface area contributed by atoms with Crippen molar-refractivity contribution in [1.82, 2.24) is 20.0 Å². The second-order valence-corrected chi connectivity index (χ2v) is 8.12. The molecular weight excluding hydrogens is 392 g/mol. The van der Waals surface area contributed by atoms with E-state index in [9.17, 15) is 4.79 Å². The third-order valence-electron chi connectivity index (χ3n) is 6.14. The number of likely N-dealkylation sites (tertiary alicyclic amines) is 1. The Kier molecular flexibility index (Phi) is 6.13. The van der Waals surface area contributed by atoms with Gasteiger partial charge in [0.05, 0.1) is 25.4 Å². The first kappa shape index (κ1) is 21.2. The molecule has 3 aromatic rings. The topological polar surface area (TPSA) is 68.6 Å². The molecule has 1 aliphatic heterocycles. The number of benzene rings is 2. The molecule has 31 heavy (non-hydrogen) atoms. The van der Waals surface area contributed by atoms with Crippen LogP contribution in [0.4, 0.5) is 0 Å². The molecule has 1 amide bonds. The number of aromatic nitrogens is 2. The molecule has 0 spiro atoms. The maximum absolute atomic E-state index is 12.8. The lowest BCUT2D eigenvalue weighted by Gasteiger charge is -2.32. The molecule has 1 N–H and O–H groups in total. The quantitative estimate of drug-likeness (QED) is 0.660. The molecule has 7 nitrogen and oxygen atoms in total. The van der Waals surface area contributed by atoms with E-state index in [4.69, 9.17) is 14.6 Å². The van der Waals surface area contributed by atoms with E-state index in [0.29, 0.717) is 17.1 Å². The van der Waals surface area contributed by atoms with Crippen LogP contribution in [0.1, 0.15) is 34.5 Å². The number of piperidine rings is 1. The average molecular weight is 423 g/mol. The number of fused-ring (bicyclic) bond motifs is 1. The van der Waals surface area contributed by atoms with Crippen LogP contribution in [-0.2, 0) is 13.6 Å². The van der Waals surface area contributed by atoms with Crippen molar-refractivity contribution in [3.8, 4) is 11.5 Å². The molecule has 0 radical (unpaired) electrons. The Morgan fingerprint density at radius 3 is 2.42 bits per heavy atom. The summed E-state index contributed by atoms with van der Waals surface area (Å²) >= 11 is 0. The highest BCUT2D eigenvalue weighted by atomic mass is 16.5. The van der Waals surface area contributed by atoms with Crippen LogP contribution >= 0.6 is 0 Å². The number of rotatable bonds is 6. The Balaban J connectivity index is 1.36. The van der Waals surface area contributed by atoms with Gasteiger partial charge in [0.25, 0.3) is 5.91 Å². The summed E-state index contributed by atoms with van der Waals surface area (Å²) in [5, 5.41) is 9.10. The minimum Gasteiger partial charge on any atom is -0.496 e. The first-order chi connectivity index (χ1) is 15.0. The van der Waals surface area contributed by atoms with Gasteiger partial charge in [-0.25, -0.2) is 0 Å². The SMILES string of the molecule is COc1cc(C(=O)NC2CCN(Cc3nn(C)c4ccccc34)CC2)cc(OC)c1C. The fraction of sp³-hybridized carbons (Fsp3) is 0.417. The zero-order valence-corrected chi connectivity index (χ0v) is 18.6. The maximum atomic E-state index is 12.8. The van der Waals surface area contributed by atoms with Crippen molar-refractivity contribution >= 4 is 16.8 Å². The number of hydrogen-bond acceptors (Lipinski definition) is 5. The minimum atomic E-state index is -0.0919. The smallest absolute Gasteiger partial charge is 0.251 e. The summed E-state index contributed by atoms with van der Waals surface area (Å²) in [5.41, 5.74) is 3.71. The van der Waals surface area contributed by atoms with Crippen LogP contribution in [0, 0.1) is 6.92 Å². The Morgan fingerprint density at radius 2 is 1.77 bits per heavy atom. The van der Waals surface area contributed by atoms with Crippen molar-refractivity contribution in [2.75, 3.05) is 27.3 Å². The number of ether oxygens (including phenoxy) is 2. The van der Waals surface area contributed by atoms with E-state index >= 15 is 0 Å². The van der Waals surface area contributed by atoms with Gasteiger partial charge in [0.15, 0.2) is 0 Å². The third-order valence-corrected chi connectivity index (χ3v) is 6.14. The summed E-state index contributed by atoms with van der Waals surface area (Å²) in [6.07, 6.45) is 1.83. The van der Waals surface area contributed by atoms with Gasteiger partial charge in [0.2, 0.25) is 0 Å². The average Bonchev–Trinajstić information content (AvgIpc) is 3.10. The summed E-state index contributed by atoms with van der Waals surface area (Å²) in [7, 11) is 5.19. The number of aryl methyl sites for hydroxylation is 1. The molecule has 0 aliphatic carbocycles. The molecule has 1 aromatic heterocycles. The first-order valence-corrected chi connectivity index (χ1v) is 10.7.